The number of carbonyl (C=O) groups is 2. The molecule has 2 amide bonds. The SMILES string of the molecule is CON(C)C(=O)c1nc(OC2CCN(C(=O)OC(C)(C)C)CC2)cc(O[C@@H](C)C2CCCN2C)n1. The van der Waals surface area contributed by atoms with Crippen LogP contribution >= 0.6 is 0 Å². The fourth-order valence-corrected chi connectivity index (χ4v) is 4.30. The highest BCUT2D eigenvalue weighted by Crippen LogP contribution is 2.25. The van der Waals surface area contributed by atoms with Gasteiger partial charge in [-0.05, 0) is 54.1 Å². The molecule has 0 N–H and O–H groups in total. The Morgan fingerprint density at radius 2 is 1.77 bits per heavy atom. The Kier molecular flexibility index (Phi) is 8.76. The number of ether oxygens (including phenoxy) is 3. The van der Waals surface area contributed by atoms with Crippen LogP contribution < -0.4 is 9.47 Å². The van der Waals surface area contributed by atoms with E-state index in [9.17, 15) is 9.59 Å². The molecule has 0 bridgehead atoms. The van der Waals surface area contributed by atoms with Gasteiger partial charge in [0.2, 0.25) is 17.6 Å². The lowest BCUT2D eigenvalue weighted by molar-refractivity contribution is -0.0765. The van der Waals surface area contributed by atoms with Gasteiger partial charge in [0.05, 0.1) is 13.2 Å². The zero-order valence-electron chi connectivity index (χ0n) is 21.9. The summed E-state index contributed by atoms with van der Waals surface area (Å²) in [6, 6.07) is 1.89. The molecule has 2 aliphatic rings. The van der Waals surface area contributed by atoms with Crippen LogP contribution in [0.15, 0.2) is 6.07 Å². The highest BCUT2D eigenvalue weighted by Gasteiger charge is 2.30. The Labute approximate surface area is 207 Å². The molecule has 1 aromatic heterocycles. The summed E-state index contributed by atoms with van der Waals surface area (Å²) >= 11 is 0. The van der Waals surface area contributed by atoms with Crippen LogP contribution in [0.25, 0.3) is 0 Å². The van der Waals surface area contributed by atoms with Gasteiger partial charge in [-0.15, -0.1) is 0 Å². The molecule has 3 heterocycles. The van der Waals surface area contributed by atoms with E-state index in [0.29, 0.717) is 25.9 Å². The first-order valence-electron chi connectivity index (χ1n) is 12.2. The molecule has 1 aromatic rings. The number of hydrogen-bond donors (Lipinski definition) is 0. The topological polar surface area (TPSA) is 107 Å². The van der Waals surface area contributed by atoms with Crippen LogP contribution in [0.1, 0.15) is 64.0 Å². The number of nitrogens with zero attached hydrogens (tertiary/aromatic N) is 5. The van der Waals surface area contributed by atoms with Crippen LogP contribution in [0.3, 0.4) is 0 Å². The number of likely N-dealkylation sites (N-methyl/N-ethyl adjacent to an activating group) is 1. The average molecular weight is 494 g/mol. The highest BCUT2D eigenvalue weighted by molar-refractivity contribution is 5.89. The predicted molar refractivity (Wildman–Crippen MR) is 128 cm³/mol. The first-order chi connectivity index (χ1) is 16.5. The number of amides is 2. The maximum atomic E-state index is 12.7. The van der Waals surface area contributed by atoms with Crippen molar-refractivity contribution in [2.45, 2.75) is 77.2 Å². The Hall–Kier alpha value is -2.66. The Morgan fingerprint density at radius 3 is 2.34 bits per heavy atom. The second kappa shape index (κ2) is 11.4. The summed E-state index contributed by atoms with van der Waals surface area (Å²) in [5, 5.41) is 1.05. The van der Waals surface area contributed by atoms with Crippen molar-refractivity contribution in [2.24, 2.45) is 0 Å². The molecule has 11 nitrogen and oxygen atoms in total. The molecule has 1 unspecified atom stereocenters. The van der Waals surface area contributed by atoms with E-state index in [2.05, 4.69) is 21.9 Å². The molecule has 196 valence electrons. The zero-order valence-corrected chi connectivity index (χ0v) is 21.9. The molecule has 0 aromatic carbocycles. The summed E-state index contributed by atoms with van der Waals surface area (Å²) in [4.78, 5) is 42.6. The Bertz CT molecular complexity index is 884. The van der Waals surface area contributed by atoms with Crippen LogP contribution in [0.2, 0.25) is 0 Å². The van der Waals surface area contributed by atoms with E-state index >= 15 is 0 Å². The Balaban J connectivity index is 1.70. The maximum Gasteiger partial charge on any atom is 0.410 e. The molecule has 0 spiro atoms. The fraction of sp³-hybridized carbons (Fsp3) is 0.750. The van der Waals surface area contributed by atoms with Crippen molar-refractivity contribution in [1.29, 1.82) is 0 Å². The third-order valence-corrected chi connectivity index (χ3v) is 6.24. The second-order valence-corrected chi connectivity index (χ2v) is 10.2. The first kappa shape index (κ1) is 26.9. The third kappa shape index (κ3) is 7.41. The van der Waals surface area contributed by atoms with Crippen molar-refractivity contribution in [3.05, 3.63) is 11.9 Å². The lowest BCUT2D eigenvalue weighted by atomic mass is 10.1. The predicted octanol–water partition coefficient (Wildman–Crippen LogP) is 2.75. The van der Waals surface area contributed by atoms with Gasteiger partial charge in [-0.25, -0.2) is 9.86 Å². The summed E-state index contributed by atoms with van der Waals surface area (Å²) in [5.41, 5.74) is -0.537. The minimum absolute atomic E-state index is 0.0694. The van der Waals surface area contributed by atoms with E-state index in [4.69, 9.17) is 19.0 Å². The van der Waals surface area contributed by atoms with E-state index in [1.54, 1.807) is 11.0 Å². The normalized spacial score (nSPS) is 20.4. The van der Waals surface area contributed by atoms with E-state index in [1.165, 1.54) is 14.2 Å². The summed E-state index contributed by atoms with van der Waals surface area (Å²) in [6.07, 6.45) is 2.78. The van der Waals surface area contributed by atoms with Gasteiger partial charge in [0.25, 0.3) is 0 Å². The highest BCUT2D eigenvalue weighted by atomic mass is 16.7. The lowest BCUT2D eigenvalue weighted by Gasteiger charge is -2.33. The largest absolute Gasteiger partial charge is 0.474 e. The molecule has 2 atom stereocenters. The molecule has 2 saturated heterocycles. The number of hydrogen-bond acceptors (Lipinski definition) is 9. The number of rotatable bonds is 7. The van der Waals surface area contributed by atoms with Gasteiger partial charge in [-0.1, -0.05) is 0 Å². The summed E-state index contributed by atoms with van der Waals surface area (Å²) in [7, 11) is 4.96. The van der Waals surface area contributed by atoms with Crippen molar-refractivity contribution in [3.63, 3.8) is 0 Å². The molecule has 2 aliphatic heterocycles. The van der Waals surface area contributed by atoms with Crippen molar-refractivity contribution in [3.8, 4) is 11.8 Å². The number of likely N-dealkylation sites (tertiary alicyclic amines) is 2. The van der Waals surface area contributed by atoms with Gasteiger partial charge in [-0.3, -0.25) is 14.5 Å². The molecule has 0 saturated carbocycles. The van der Waals surface area contributed by atoms with Gasteiger partial charge in [0, 0.05) is 39.0 Å². The van der Waals surface area contributed by atoms with Crippen molar-refractivity contribution in [1.82, 2.24) is 24.8 Å². The van der Waals surface area contributed by atoms with Gasteiger partial charge < -0.3 is 19.1 Å². The summed E-state index contributed by atoms with van der Waals surface area (Å²) in [6.45, 7) is 9.60. The van der Waals surface area contributed by atoms with E-state index in [1.807, 2.05) is 27.7 Å². The third-order valence-electron chi connectivity index (χ3n) is 6.24. The van der Waals surface area contributed by atoms with Gasteiger partial charge in [0.1, 0.15) is 17.8 Å². The molecular weight excluding hydrogens is 454 g/mol. The van der Waals surface area contributed by atoms with E-state index in [-0.39, 0.29) is 41.9 Å². The number of aromatic nitrogens is 2. The minimum atomic E-state index is -0.537. The quantitative estimate of drug-likeness (QED) is 0.530. The number of piperidine rings is 1. The molecule has 0 radical (unpaired) electrons. The molecule has 2 fully saturated rings. The number of hydroxylamine groups is 2. The standard InChI is InChI=1S/C24H39N5O6/c1-16(18-9-8-12-27(18)5)33-19-15-20(26-21(25-19)22(30)28(6)32-7)34-17-10-13-29(14-11-17)23(31)35-24(2,3)4/h15-18H,8-14H2,1-7H3/t16-,18?/m0/s1. The molecule has 35 heavy (non-hydrogen) atoms. The van der Waals surface area contributed by atoms with E-state index in [0.717, 1.165) is 24.4 Å². The van der Waals surface area contributed by atoms with Gasteiger partial charge in [0.15, 0.2) is 0 Å². The summed E-state index contributed by atoms with van der Waals surface area (Å²) in [5.74, 6) is -0.0411. The van der Waals surface area contributed by atoms with Crippen LogP contribution in [0.4, 0.5) is 4.79 Å². The van der Waals surface area contributed by atoms with Crippen LogP contribution in [0, 0.1) is 0 Å². The minimum Gasteiger partial charge on any atom is -0.474 e. The molecule has 0 aliphatic carbocycles. The van der Waals surface area contributed by atoms with E-state index < -0.39 is 11.5 Å². The van der Waals surface area contributed by atoms with Gasteiger partial charge >= 0.3 is 12.0 Å². The first-order valence-corrected chi connectivity index (χ1v) is 12.2. The second-order valence-electron chi connectivity index (χ2n) is 10.2. The van der Waals surface area contributed by atoms with Crippen molar-refractivity contribution >= 4 is 12.0 Å². The monoisotopic (exact) mass is 493 g/mol. The van der Waals surface area contributed by atoms with Crippen molar-refractivity contribution < 1.29 is 28.6 Å². The lowest BCUT2D eigenvalue weighted by Crippen LogP contribution is -2.44. The number of carbonyl (C=O) groups excluding carboxylic acids is 2. The van der Waals surface area contributed by atoms with Crippen LogP contribution in [-0.2, 0) is 9.57 Å². The zero-order chi connectivity index (χ0) is 25.8. The average Bonchev–Trinajstić information content (AvgIpc) is 3.23. The molecule has 3 rings (SSSR count). The maximum absolute atomic E-state index is 12.7. The summed E-state index contributed by atoms with van der Waals surface area (Å²) < 4.78 is 17.7. The smallest absolute Gasteiger partial charge is 0.410 e. The van der Waals surface area contributed by atoms with Gasteiger partial charge in [-0.2, -0.15) is 9.97 Å². The fourth-order valence-electron chi connectivity index (χ4n) is 4.30. The van der Waals surface area contributed by atoms with Crippen LogP contribution in [0.5, 0.6) is 11.8 Å². The molecule has 11 heteroatoms. The molecular formula is C24H39N5O6. The van der Waals surface area contributed by atoms with Crippen molar-refractivity contribution in [2.75, 3.05) is 40.8 Å². The van der Waals surface area contributed by atoms with Crippen LogP contribution in [-0.4, -0.2) is 102 Å². The Morgan fingerprint density at radius 1 is 1.11 bits per heavy atom.